The summed E-state index contributed by atoms with van der Waals surface area (Å²) in [7, 11) is 0. The second kappa shape index (κ2) is 10.2. The molecule has 0 aliphatic heterocycles. The molecule has 0 N–H and O–H groups in total. The number of hydrogen-bond donors (Lipinski definition) is 0. The van der Waals surface area contributed by atoms with Crippen LogP contribution in [0.4, 0.5) is 0 Å². The third-order valence-corrected chi connectivity index (χ3v) is 8.50. The first-order chi connectivity index (χ1) is 22.3. The summed E-state index contributed by atoms with van der Waals surface area (Å²) in [6.45, 7) is 0. The maximum atomic E-state index is 6.10. The molecule has 0 bridgehead atoms. The zero-order chi connectivity index (χ0) is 29.7. The molecule has 0 fully saturated rings. The van der Waals surface area contributed by atoms with E-state index in [1.165, 1.54) is 21.9 Å². The average Bonchev–Trinajstić information content (AvgIpc) is 3.49. The number of rotatable bonds is 4. The van der Waals surface area contributed by atoms with Crippen molar-refractivity contribution in [3.8, 4) is 45.3 Å². The predicted octanol–water partition coefficient (Wildman–Crippen LogP) is 10.7. The van der Waals surface area contributed by atoms with Gasteiger partial charge in [-0.05, 0) is 69.1 Å². The Hall–Kier alpha value is -6.13. The van der Waals surface area contributed by atoms with Crippen LogP contribution in [0.5, 0.6) is 0 Å². The number of para-hydroxylation sites is 1. The van der Waals surface area contributed by atoms with Crippen molar-refractivity contribution in [2.75, 3.05) is 0 Å². The van der Waals surface area contributed by atoms with Crippen LogP contribution in [-0.2, 0) is 0 Å². The van der Waals surface area contributed by atoms with E-state index in [1.807, 2.05) is 36.4 Å². The Bertz CT molecular complexity index is 2550. The van der Waals surface area contributed by atoms with Gasteiger partial charge in [0, 0.05) is 27.5 Å². The van der Waals surface area contributed by atoms with Crippen molar-refractivity contribution < 1.29 is 4.42 Å². The van der Waals surface area contributed by atoms with Crippen LogP contribution in [0.1, 0.15) is 0 Å². The highest BCUT2D eigenvalue weighted by atomic mass is 16.3. The monoisotopic (exact) mass is 575 g/mol. The fraction of sp³-hybridized carbons (Fsp3) is 0. The fourth-order valence-corrected chi connectivity index (χ4v) is 6.25. The van der Waals surface area contributed by atoms with Crippen LogP contribution in [0.25, 0.3) is 88.8 Å². The van der Waals surface area contributed by atoms with Crippen molar-refractivity contribution in [2.24, 2.45) is 0 Å². The minimum Gasteiger partial charge on any atom is -0.456 e. The lowest BCUT2D eigenvalue weighted by molar-refractivity contribution is 0.669. The van der Waals surface area contributed by atoms with Crippen molar-refractivity contribution in [1.29, 1.82) is 0 Å². The predicted molar refractivity (Wildman–Crippen MR) is 184 cm³/mol. The molecule has 0 spiro atoms. The molecule has 0 aliphatic rings. The van der Waals surface area contributed by atoms with Gasteiger partial charge >= 0.3 is 0 Å². The summed E-state index contributed by atoms with van der Waals surface area (Å²) in [5.41, 5.74) is 6.89. The molecule has 4 nitrogen and oxygen atoms in total. The summed E-state index contributed by atoms with van der Waals surface area (Å²) in [5.74, 6) is 1.89. The smallest absolute Gasteiger partial charge is 0.164 e. The van der Waals surface area contributed by atoms with E-state index in [9.17, 15) is 0 Å². The molecule has 4 heteroatoms. The van der Waals surface area contributed by atoms with Gasteiger partial charge in [-0.1, -0.05) is 115 Å². The Balaban J connectivity index is 1.24. The van der Waals surface area contributed by atoms with Crippen LogP contribution in [0.15, 0.2) is 156 Å². The Kier molecular flexibility index (Phi) is 5.78. The van der Waals surface area contributed by atoms with Crippen molar-refractivity contribution in [2.45, 2.75) is 0 Å². The van der Waals surface area contributed by atoms with Crippen LogP contribution in [0.2, 0.25) is 0 Å². The van der Waals surface area contributed by atoms with Crippen molar-refractivity contribution in [3.63, 3.8) is 0 Å². The third-order valence-electron chi connectivity index (χ3n) is 8.50. The zero-order valence-electron chi connectivity index (χ0n) is 24.2. The molecule has 0 radical (unpaired) electrons. The molecule has 9 rings (SSSR count). The summed E-state index contributed by atoms with van der Waals surface area (Å²) in [6, 6.07) is 52.4. The lowest BCUT2D eigenvalue weighted by Gasteiger charge is -2.11. The van der Waals surface area contributed by atoms with Crippen molar-refractivity contribution in [3.05, 3.63) is 152 Å². The normalized spacial score (nSPS) is 11.6. The number of hydrogen-bond acceptors (Lipinski definition) is 4. The van der Waals surface area contributed by atoms with E-state index in [-0.39, 0.29) is 0 Å². The van der Waals surface area contributed by atoms with Crippen LogP contribution < -0.4 is 0 Å². The first kappa shape index (κ1) is 25.4. The van der Waals surface area contributed by atoms with Gasteiger partial charge in [-0.3, -0.25) is 0 Å². The van der Waals surface area contributed by atoms with Gasteiger partial charge in [-0.25, -0.2) is 15.0 Å². The van der Waals surface area contributed by atoms with Gasteiger partial charge in [0.2, 0.25) is 0 Å². The van der Waals surface area contributed by atoms with Crippen LogP contribution in [0, 0.1) is 0 Å². The van der Waals surface area contributed by atoms with E-state index in [2.05, 4.69) is 115 Å². The lowest BCUT2D eigenvalue weighted by atomic mass is 9.97. The molecule has 2 heterocycles. The topological polar surface area (TPSA) is 51.8 Å². The summed E-state index contributed by atoms with van der Waals surface area (Å²) in [4.78, 5) is 15.2. The molecular weight excluding hydrogens is 550 g/mol. The third kappa shape index (κ3) is 4.43. The molecular formula is C41H25N3O. The van der Waals surface area contributed by atoms with Crippen LogP contribution in [-0.4, -0.2) is 15.0 Å². The molecule has 0 saturated heterocycles. The zero-order valence-corrected chi connectivity index (χ0v) is 24.2. The Morgan fingerprint density at radius 3 is 1.76 bits per heavy atom. The molecule has 9 aromatic rings. The number of furan rings is 1. The molecule has 45 heavy (non-hydrogen) atoms. The summed E-state index contributed by atoms with van der Waals surface area (Å²) >= 11 is 0. The Labute approximate surface area is 259 Å². The minimum atomic E-state index is 0.619. The van der Waals surface area contributed by atoms with Gasteiger partial charge in [0.15, 0.2) is 17.5 Å². The molecule has 0 atom stereocenters. The number of benzene rings is 7. The summed E-state index contributed by atoms with van der Waals surface area (Å²) in [5, 5.41) is 6.75. The highest BCUT2D eigenvalue weighted by Crippen LogP contribution is 2.35. The minimum absolute atomic E-state index is 0.619. The number of fused-ring (bicyclic) bond motifs is 5. The first-order valence-corrected chi connectivity index (χ1v) is 15.0. The Morgan fingerprint density at radius 1 is 0.333 bits per heavy atom. The SMILES string of the molecule is c1ccc(-c2cccc3cc(-c4nc(-c5ccc6ccccc6c5)nc(-c5ccc6oc7ccccc7c6c5)n4)ccc23)cc1. The second-order valence-corrected chi connectivity index (χ2v) is 11.3. The van der Waals surface area contributed by atoms with Crippen molar-refractivity contribution in [1.82, 2.24) is 15.0 Å². The summed E-state index contributed by atoms with van der Waals surface area (Å²) in [6.07, 6.45) is 0. The van der Waals surface area contributed by atoms with Gasteiger partial charge in [0.05, 0.1) is 0 Å². The van der Waals surface area contributed by atoms with Gasteiger partial charge in [0.25, 0.3) is 0 Å². The first-order valence-electron chi connectivity index (χ1n) is 15.0. The maximum Gasteiger partial charge on any atom is 0.164 e. The Morgan fingerprint density at radius 2 is 0.933 bits per heavy atom. The number of aromatic nitrogens is 3. The van der Waals surface area contributed by atoms with E-state index in [1.54, 1.807) is 0 Å². The summed E-state index contributed by atoms with van der Waals surface area (Å²) < 4.78 is 6.10. The van der Waals surface area contributed by atoms with Gasteiger partial charge in [0.1, 0.15) is 11.2 Å². The van der Waals surface area contributed by atoms with Crippen LogP contribution >= 0.6 is 0 Å². The molecule has 0 saturated carbocycles. The highest BCUT2D eigenvalue weighted by molar-refractivity contribution is 6.06. The van der Waals surface area contributed by atoms with Gasteiger partial charge in [-0.15, -0.1) is 0 Å². The van der Waals surface area contributed by atoms with Crippen LogP contribution in [0.3, 0.4) is 0 Å². The largest absolute Gasteiger partial charge is 0.456 e. The standard InChI is InChI=1S/C41H25N3O/c1-2-10-27(11-3-1)33-15-8-13-29-24-31(19-21-34(29)33)40-42-39(30-18-17-26-9-4-5-12-28(26)23-30)43-41(44-40)32-20-22-38-36(25-32)35-14-6-7-16-37(35)45-38/h1-25H. The molecule has 0 amide bonds. The molecule has 0 unspecified atom stereocenters. The molecule has 0 aliphatic carbocycles. The molecule has 7 aromatic carbocycles. The van der Waals surface area contributed by atoms with Gasteiger partial charge < -0.3 is 4.42 Å². The maximum absolute atomic E-state index is 6.10. The fourth-order valence-electron chi connectivity index (χ4n) is 6.25. The van der Waals surface area contributed by atoms with Crippen molar-refractivity contribution >= 4 is 43.5 Å². The average molecular weight is 576 g/mol. The van der Waals surface area contributed by atoms with E-state index < -0.39 is 0 Å². The lowest BCUT2D eigenvalue weighted by Crippen LogP contribution is -2.00. The highest BCUT2D eigenvalue weighted by Gasteiger charge is 2.16. The van der Waals surface area contributed by atoms with E-state index in [0.29, 0.717) is 17.5 Å². The van der Waals surface area contributed by atoms with Gasteiger partial charge in [-0.2, -0.15) is 0 Å². The van der Waals surface area contributed by atoms with E-state index in [4.69, 9.17) is 19.4 Å². The molecule has 210 valence electrons. The molecule has 2 aromatic heterocycles. The van der Waals surface area contributed by atoms with E-state index >= 15 is 0 Å². The van der Waals surface area contributed by atoms with E-state index in [0.717, 1.165) is 49.4 Å². The number of nitrogens with zero attached hydrogens (tertiary/aromatic N) is 3. The quantitative estimate of drug-likeness (QED) is 0.209. The second-order valence-electron chi connectivity index (χ2n) is 11.3.